The van der Waals surface area contributed by atoms with Gasteiger partial charge in [0.25, 0.3) is 0 Å². The Bertz CT molecular complexity index is 723. The smallest absolute Gasteiger partial charge is 0.150 e. The topological polar surface area (TPSA) is 37.4 Å². The fourth-order valence-electron chi connectivity index (χ4n) is 4.69. The highest BCUT2D eigenvalue weighted by atomic mass is 32.2. The van der Waals surface area contributed by atoms with Crippen molar-refractivity contribution >= 4 is 9.84 Å². The summed E-state index contributed by atoms with van der Waals surface area (Å²) in [7, 11) is -2.78. The molecule has 0 bridgehead atoms. The van der Waals surface area contributed by atoms with Gasteiger partial charge in [0, 0.05) is 13.1 Å². The van der Waals surface area contributed by atoms with Crippen molar-refractivity contribution in [2.45, 2.75) is 58.8 Å². The molecular formula is C22H35NO2S. The highest BCUT2D eigenvalue weighted by Crippen LogP contribution is 2.41. The van der Waals surface area contributed by atoms with E-state index < -0.39 is 9.84 Å². The van der Waals surface area contributed by atoms with Gasteiger partial charge < -0.3 is 4.90 Å². The van der Waals surface area contributed by atoms with Crippen LogP contribution < -0.4 is 0 Å². The van der Waals surface area contributed by atoms with Crippen molar-refractivity contribution in [3.05, 3.63) is 35.4 Å². The molecule has 2 atom stereocenters. The molecule has 2 aliphatic rings. The SMILES string of the molecule is CCC(C)(C)c1ccc(C[C@@H](C)CN2CC[C@]3(CCS(=O)(=O)C3)C2)cc1. The van der Waals surface area contributed by atoms with E-state index >= 15 is 0 Å². The summed E-state index contributed by atoms with van der Waals surface area (Å²) in [6, 6.07) is 9.16. The van der Waals surface area contributed by atoms with Gasteiger partial charge in [0.1, 0.15) is 0 Å². The minimum atomic E-state index is -2.78. The van der Waals surface area contributed by atoms with Crippen LogP contribution in [0.2, 0.25) is 0 Å². The minimum Gasteiger partial charge on any atom is -0.302 e. The van der Waals surface area contributed by atoms with Gasteiger partial charge >= 0.3 is 0 Å². The number of benzene rings is 1. The summed E-state index contributed by atoms with van der Waals surface area (Å²) in [5.74, 6) is 1.41. The molecule has 1 aromatic rings. The maximum Gasteiger partial charge on any atom is 0.150 e. The first-order valence-electron chi connectivity index (χ1n) is 10.2. The van der Waals surface area contributed by atoms with Crippen LogP contribution >= 0.6 is 0 Å². The van der Waals surface area contributed by atoms with Crippen LogP contribution in [-0.2, 0) is 21.7 Å². The van der Waals surface area contributed by atoms with Crippen LogP contribution in [0.3, 0.4) is 0 Å². The lowest BCUT2D eigenvalue weighted by molar-refractivity contribution is 0.249. The van der Waals surface area contributed by atoms with Gasteiger partial charge in [-0.05, 0) is 60.1 Å². The second-order valence-electron chi connectivity index (χ2n) is 9.57. The Balaban J connectivity index is 1.53. The third-order valence-electron chi connectivity index (χ3n) is 6.76. The summed E-state index contributed by atoms with van der Waals surface area (Å²) in [5.41, 5.74) is 3.13. The summed E-state index contributed by atoms with van der Waals surface area (Å²) in [6.07, 6.45) is 4.17. The van der Waals surface area contributed by atoms with Gasteiger partial charge in [-0.15, -0.1) is 0 Å². The molecule has 3 nitrogen and oxygen atoms in total. The Labute approximate surface area is 160 Å². The first-order valence-corrected chi connectivity index (χ1v) is 12.0. The molecule has 1 aromatic carbocycles. The van der Waals surface area contributed by atoms with E-state index in [1.807, 2.05) is 0 Å². The maximum absolute atomic E-state index is 11.9. The number of nitrogens with zero attached hydrogens (tertiary/aromatic N) is 1. The number of rotatable bonds is 6. The van der Waals surface area contributed by atoms with Crippen LogP contribution in [0.25, 0.3) is 0 Å². The molecule has 1 spiro atoms. The summed E-state index contributed by atoms with van der Waals surface area (Å²) in [4.78, 5) is 2.50. The molecular weight excluding hydrogens is 342 g/mol. The van der Waals surface area contributed by atoms with Gasteiger partial charge in [0.15, 0.2) is 9.84 Å². The Hall–Kier alpha value is -0.870. The highest BCUT2D eigenvalue weighted by molar-refractivity contribution is 7.91. The van der Waals surface area contributed by atoms with Gasteiger partial charge in [0.05, 0.1) is 11.5 Å². The van der Waals surface area contributed by atoms with Crippen molar-refractivity contribution in [3.63, 3.8) is 0 Å². The van der Waals surface area contributed by atoms with Crippen molar-refractivity contribution in [2.24, 2.45) is 11.3 Å². The van der Waals surface area contributed by atoms with Crippen molar-refractivity contribution in [1.29, 1.82) is 0 Å². The third kappa shape index (κ3) is 4.51. The number of hydrogen-bond donors (Lipinski definition) is 0. The lowest BCUT2D eigenvalue weighted by Crippen LogP contribution is -2.31. The largest absolute Gasteiger partial charge is 0.302 e. The molecule has 0 radical (unpaired) electrons. The molecule has 0 saturated carbocycles. The Morgan fingerprint density at radius 1 is 1.19 bits per heavy atom. The van der Waals surface area contributed by atoms with Crippen molar-refractivity contribution in [3.8, 4) is 0 Å². The molecule has 0 N–H and O–H groups in total. The zero-order valence-corrected chi connectivity index (χ0v) is 17.7. The average molecular weight is 378 g/mol. The van der Waals surface area contributed by atoms with Gasteiger partial charge in [-0.2, -0.15) is 0 Å². The van der Waals surface area contributed by atoms with Crippen molar-refractivity contribution in [2.75, 3.05) is 31.1 Å². The van der Waals surface area contributed by atoms with Crippen LogP contribution in [-0.4, -0.2) is 44.5 Å². The van der Waals surface area contributed by atoms with E-state index in [0.29, 0.717) is 17.4 Å². The summed E-state index contributed by atoms with van der Waals surface area (Å²) < 4.78 is 23.7. The molecule has 2 aliphatic heterocycles. The quantitative estimate of drug-likeness (QED) is 0.750. The number of hydrogen-bond acceptors (Lipinski definition) is 3. The zero-order valence-electron chi connectivity index (χ0n) is 16.9. The molecule has 26 heavy (non-hydrogen) atoms. The Morgan fingerprint density at radius 3 is 2.46 bits per heavy atom. The fourth-order valence-corrected chi connectivity index (χ4v) is 6.89. The lowest BCUT2D eigenvalue weighted by atomic mass is 9.82. The van der Waals surface area contributed by atoms with E-state index in [-0.39, 0.29) is 10.8 Å². The fraction of sp³-hybridized carbons (Fsp3) is 0.727. The van der Waals surface area contributed by atoms with Crippen molar-refractivity contribution in [1.82, 2.24) is 4.90 Å². The first kappa shape index (κ1) is 19.9. The van der Waals surface area contributed by atoms with E-state index in [1.165, 1.54) is 11.1 Å². The molecule has 0 aliphatic carbocycles. The minimum absolute atomic E-state index is 0.0614. The van der Waals surface area contributed by atoms with Gasteiger partial charge in [0.2, 0.25) is 0 Å². The molecule has 3 rings (SSSR count). The predicted molar refractivity (Wildman–Crippen MR) is 109 cm³/mol. The van der Waals surface area contributed by atoms with Crippen LogP contribution in [0.4, 0.5) is 0 Å². The third-order valence-corrected chi connectivity index (χ3v) is 8.64. The number of sulfone groups is 1. The van der Waals surface area contributed by atoms with Crippen LogP contribution in [0.15, 0.2) is 24.3 Å². The van der Waals surface area contributed by atoms with Gasteiger partial charge in [-0.3, -0.25) is 0 Å². The second kappa shape index (κ2) is 7.27. The Morgan fingerprint density at radius 2 is 1.88 bits per heavy atom. The van der Waals surface area contributed by atoms with Crippen molar-refractivity contribution < 1.29 is 8.42 Å². The second-order valence-corrected chi connectivity index (χ2v) is 11.8. The predicted octanol–water partition coefficient (Wildman–Crippen LogP) is 4.06. The summed E-state index contributed by atoms with van der Waals surface area (Å²) >= 11 is 0. The molecule has 0 amide bonds. The number of likely N-dealkylation sites (tertiary alicyclic amines) is 1. The lowest BCUT2D eigenvalue weighted by Gasteiger charge is -2.25. The molecule has 2 heterocycles. The van der Waals surface area contributed by atoms with Crippen LogP contribution in [0.5, 0.6) is 0 Å². The zero-order chi connectivity index (χ0) is 19.0. The molecule has 146 valence electrons. The van der Waals surface area contributed by atoms with Gasteiger partial charge in [-0.1, -0.05) is 52.0 Å². The van der Waals surface area contributed by atoms with E-state index in [0.717, 1.165) is 45.3 Å². The van der Waals surface area contributed by atoms with Gasteiger partial charge in [-0.25, -0.2) is 8.42 Å². The van der Waals surface area contributed by atoms with Crippen LogP contribution in [0, 0.1) is 11.3 Å². The molecule has 4 heteroatoms. The normalized spacial score (nSPS) is 27.2. The van der Waals surface area contributed by atoms with Crippen LogP contribution in [0.1, 0.15) is 58.1 Å². The standard InChI is InChI=1S/C22H35NO2S/c1-5-21(3,4)20-8-6-19(7-9-20)14-18(2)15-23-12-10-22(16-23)11-13-26(24,25)17-22/h6-9,18H,5,10-17H2,1-4H3/t18-,22+/m1/s1. The molecule has 0 aromatic heterocycles. The molecule has 2 saturated heterocycles. The monoisotopic (exact) mass is 377 g/mol. The average Bonchev–Trinajstić information content (AvgIpc) is 3.10. The highest BCUT2D eigenvalue weighted by Gasteiger charge is 2.46. The summed E-state index contributed by atoms with van der Waals surface area (Å²) in [6.45, 7) is 12.3. The van der Waals surface area contributed by atoms with E-state index in [4.69, 9.17) is 0 Å². The Kier molecular flexibility index (Phi) is 5.56. The molecule has 0 unspecified atom stereocenters. The van der Waals surface area contributed by atoms with E-state index in [9.17, 15) is 8.42 Å². The first-order chi connectivity index (χ1) is 12.1. The molecule has 2 fully saturated rings. The maximum atomic E-state index is 11.9. The summed E-state index contributed by atoms with van der Waals surface area (Å²) in [5, 5.41) is 0. The van der Waals surface area contributed by atoms with E-state index in [2.05, 4.69) is 56.9 Å². The van der Waals surface area contributed by atoms with E-state index in [1.54, 1.807) is 0 Å².